The van der Waals surface area contributed by atoms with Crippen LogP contribution in [0.2, 0.25) is 0 Å². The van der Waals surface area contributed by atoms with Gasteiger partial charge >= 0.3 is 0 Å². The minimum absolute atomic E-state index is 0. The van der Waals surface area contributed by atoms with Gasteiger partial charge in [0, 0.05) is 24.5 Å². The molecule has 0 spiro atoms. The zero-order chi connectivity index (χ0) is 19.4. The third-order valence-corrected chi connectivity index (χ3v) is 5.43. The van der Waals surface area contributed by atoms with E-state index in [9.17, 15) is 4.79 Å². The van der Waals surface area contributed by atoms with E-state index in [1.807, 2.05) is 65.6 Å². The summed E-state index contributed by atoms with van der Waals surface area (Å²) in [6, 6.07) is 24.0. The van der Waals surface area contributed by atoms with Crippen molar-refractivity contribution in [2.45, 2.75) is 31.1 Å². The second kappa shape index (κ2) is 8.89. The van der Waals surface area contributed by atoms with Crippen LogP contribution in [-0.2, 0) is 16.6 Å². The number of carbonyl (C=O) groups is 1. The highest BCUT2D eigenvalue weighted by Crippen LogP contribution is 2.49. The van der Waals surface area contributed by atoms with Gasteiger partial charge < -0.3 is 0 Å². The van der Waals surface area contributed by atoms with Gasteiger partial charge in [0.2, 0.25) is 5.91 Å². The Bertz CT molecular complexity index is 1020. The minimum atomic E-state index is -0.676. The van der Waals surface area contributed by atoms with Gasteiger partial charge in [-0.25, -0.2) is 0 Å². The van der Waals surface area contributed by atoms with Crippen molar-refractivity contribution in [3.8, 4) is 6.07 Å². The lowest BCUT2D eigenvalue weighted by molar-refractivity contribution is -0.122. The van der Waals surface area contributed by atoms with E-state index in [0.29, 0.717) is 25.7 Å². The molecule has 0 saturated carbocycles. The van der Waals surface area contributed by atoms with Crippen molar-refractivity contribution in [1.29, 1.82) is 5.26 Å². The monoisotopic (exact) mass is 403 g/mol. The lowest BCUT2D eigenvalue weighted by Crippen LogP contribution is -2.40. The smallest absolute Gasteiger partial charge is 0.242 e. The van der Waals surface area contributed by atoms with Gasteiger partial charge in [-0.05, 0) is 60.7 Å². The Morgan fingerprint density at radius 2 is 1.66 bits per heavy atom. The Morgan fingerprint density at radius 1 is 0.966 bits per heavy atom. The van der Waals surface area contributed by atoms with Crippen molar-refractivity contribution in [2.24, 2.45) is 0 Å². The Hall–Kier alpha value is -3.16. The van der Waals surface area contributed by atoms with Gasteiger partial charge in [-0.1, -0.05) is 36.4 Å². The number of benzene rings is 2. The standard InChI is InChI=1S/C24H21N3O.ClH/c25-15-7-6-14-24(18-19-12-16-26-17-13-19)21-10-4-5-11-22(21)27(23(24)28)20-8-2-1-3-9-20;/h1-5,8-13,16-17H,6-7,14,18H2;1H. The number of aromatic nitrogens is 1. The molecule has 0 fully saturated rings. The van der Waals surface area contributed by atoms with Crippen LogP contribution in [0.1, 0.15) is 30.4 Å². The molecule has 0 aliphatic carbocycles. The highest BCUT2D eigenvalue weighted by atomic mass is 35.5. The van der Waals surface area contributed by atoms with Gasteiger partial charge in [-0.2, -0.15) is 5.26 Å². The fourth-order valence-corrected chi connectivity index (χ4v) is 4.16. The number of hydrogen-bond donors (Lipinski definition) is 0. The number of halogens is 1. The highest BCUT2D eigenvalue weighted by molar-refractivity contribution is 6.13. The maximum Gasteiger partial charge on any atom is 0.242 e. The first kappa shape index (κ1) is 20.6. The molecular weight excluding hydrogens is 382 g/mol. The molecule has 2 heterocycles. The lowest BCUT2D eigenvalue weighted by Gasteiger charge is -2.29. The molecule has 0 N–H and O–H groups in total. The molecular formula is C24H22ClN3O. The van der Waals surface area contributed by atoms with Crippen molar-refractivity contribution >= 4 is 29.7 Å². The molecule has 4 rings (SSSR count). The second-order valence-corrected chi connectivity index (χ2v) is 7.12. The number of carbonyl (C=O) groups excluding carboxylic acids is 1. The van der Waals surface area contributed by atoms with Gasteiger partial charge in [0.15, 0.2) is 0 Å². The Labute approximate surface area is 177 Å². The van der Waals surface area contributed by atoms with Crippen LogP contribution in [-0.4, -0.2) is 10.9 Å². The van der Waals surface area contributed by atoms with Crippen LogP contribution < -0.4 is 4.90 Å². The molecule has 146 valence electrons. The number of fused-ring (bicyclic) bond motifs is 1. The molecule has 0 saturated heterocycles. The van der Waals surface area contributed by atoms with Crippen molar-refractivity contribution < 1.29 is 4.79 Å². The Balaban J connectivity index is 0.00000240. The van der Waals surface area contributed by atoms with Crippen LogP contribution in [0.15, 0.2) is 79.1 Å². The number of nitrogens with zero attached hydrogens (tertiary/aromatic N) is 3. The summed E-state index contributed by atoms with van der Waals surface area (Å²) in [4.78, 5) is 19.9. The summed E-state index contributed by atoms with van der Waals surface area (Å²) in [6.07, 6.45) is 5.89. The van der Waals surface area contributed by atoms with Gasteiger partial charge in [0.25, 0.3) is 0 Å². The molecule has 1 aromatic heterocycles. The van der Waals surface area contributed by atoms with E-state index in [1.165, 1.54) is 0 Å². The third kappa shape index (κ3) is 3.74. The van der Waals surface area contributed by atoms with Gasteiger partial charge in [0.05, 0.1) is 17.2 Å². The fourth-order valence-electron chi connectivity index (χ4n) is 4.16. The van der Waals surface area contributed by atoms with Crippen molar-refractivity contribution in [2.75, 3.05) is 4.90 Å². The number of para-hydroxylation sites is 2. The van der Waals surface area contributed by atoms with Crippen molar-refractivity contribution in [3.05, 3.63) is 90.3 Å². The first-order valence-corrected chi connectivity index (χ1v) is 9.51. The Morgan fingerprint density at radius 3 is 2.38 bits per heavy atom. The van der Waals surface area contributed by atoms with Crippen LogP contribution in [0, 0.1) is 11.3 Å². The van der Waals surface area contributed by atoms with Gasteiger partial charge in [-0.3, -0.25) is 14.7 Å². The molecule has 4 nitrogen and oxygen atoms in total. The summed E-state index contributed by atoms with van der Waals surface area (Å²) in [5.41, 5.74) is 3.25. The second-order valence-electron chi connectivity index (χ2n) is 7.12. The normalized spacial score (nSPS) is 17.3. The maximum absolute atomic E-state index is 13.9. The molecule has 0 bridgehead atoms. The van der Waals surface area contributed by atoms with E-state index >= 15 is 0 Å². The third-order valence-electron chi connectivity index (χ3n) is 5.43. The molecule has 2 aromatic carbocycles. The van der Waals surface area contributed by atoms with Crippen LogP contribution >= 0.6 is 12.4 Å². The molecule has 5 heteroatoms. The first-order valence-electron chi connectivity index (χ1n) is 9.51. The average Bonchev–Trinajstić information content (AvgIpc) is 2.98. The summed E-state index contributed by atoms with van der Waals surface area (Å²) in [5, 5.41) is 9.05. The largest absolute Gasteiger partial charge is 0.280 e. The Kier molecular flexibility index (Phi) is 6.31. The number of hydrogen-bond acceptors (Lipinski definition) is 3. The van der Waals surface area contributed by atoms with Crippen molar-refractivity contribution in [3.63, 3.8) is 0 Å². The van der Waals surface area contributed by atoms with E-state index < -0.39 is 5.41 Å². The van der Waals surface area contributed by atoms with E-state index in [1.54, 1.807) is 12.4 Å². The number of anilines is 2. The summed E-state index contributed by atoms with van der Waals surface area (Å²) < 4.78 is 0. The van der Waals surface area contributed by atoms with Crippen LogP contribution in [0.25, 0.3) is 0 Å². The number of amides is 1. The van der Waals surface area contributed by atoms with E-state index in [0.717, 1.165) is 22.5 Å². The zero-order valence-corrected chi connectivity index (χ0v) is 16.8. The summed E-state index contributed by atoms with van der Waals surface area (Å²) in [7, 11) is 0. The summed E-state index contributed by atoms with van der Waals surface area (Å²) >= 11 is 0. The molecule has 29 heavy (non-hydrogen) atoms. The number of unbranched alkanes of at least 4 members (excludes halogenated alkanes) is 1. The summed E-state index contributed by atoms with van der Waals surface area (Å²) in [6.45, 7) is 0. The average molecular weight is 404 g/mol. The predicted octanol–water partition coefficient (Wildman–Crippen LogP) is 5.36. The number of nitriles is 1. The maximum atomic E-state index is 13.9. The first-order chi connectivity index (χ1) is 13.8. The quantitative estimate of drug-likeness (QED) is 0.521. The zero-order valence-electron chi connectivity index (χ0n) is 16.0. The van der Waals surface area contributed by atoms with Gasteiger partial charge in [0.1, 0.15) is 0 Å². The van der Waals surface area contributed by atoms with Crippen molar-refractivity contribution in [1.82, 2.24) is 4.98 Å². The minimum Gasteiger partial charge on any atom is -0.280 e. The lowest BCUT2D eigenvalue weighted by atomic mass is 9.73. The predicted molar refractivity (Wildman–Crippen MR) is 116 cm³/mol. The van der Waals surface area contributed by atoms with Crippen LogP contribution in [0.5, 0.6) is 0 Å². The molecule has 1 unspecified atom stereocenters. The molecule has 1 aliphatic rings. The van der Waals surface area contributed by atoms with E-state index in [-0.39, 0.29) is 18.3 Å². The van der Waals surface area contributed by atoms with Gasteiger partial charge in [-0.15, -0.1) is 12.4 Å². The molecule has 1 amide bonds. The van der Waals surface area contributed by atoms with Crippen LogP contribution in [0.3, 0.4) is 0 Å². The number of pyridine rings is 1. The number of rotatable bonds is 6. The van der Waals surface area contributed by atoms with E-state index in [2.05, 4.69) is 17.1 Å². The molecule has 1 atom stereocenters. The molecule has 0 radical (unpaired) electrons. The molecule has 3 aromatic rings. The highest BCUT2D eigenvalue weighted by Gasteiger charge is 2.50. The SMILES string of the molecule is Cl.N#CCCCC1(Cc2ccncc2)C(=O)N(c2ccccc2)c2ccccc21. The fraction of sp³-hybridized carbons (Fsp3) is 0.208. The topological polar surface area (TPSA) is 57.0 Å². The molecule has 1 aliphatic heterocycles. The summed E-state index contributed by atoms with van der Waals surface area (Å²) in [5.74, 6) is 0.0784. The van der Waals surface area contributed by atoms with E-state index in [4.69, 9.17) is 5.26 Å². The van der Waals surface area contributed by atoms with Crippen LogP contribution in [0.4, 0.5) is 11.4 Å².